The maximum absolute atomic E-state index is 13.2. The van der Waals surface area contributed by atoms with E-state index < -0.39 is 23.7 Å². The lowest BCUT2D eigenvalue weighted by Gasteiger charge is -2.35. The number of carbonyl (C=O) groups is 2. The number of hydrogen-bond acceptors (Lipinski definition) is 5. The van der Waals surface area contributed by atoms with Crippen LogP contribution in [0.25, 0.3) is 0 Å². The molecule has 0 unspecified atom stereocenters. The minimum Gasteiger partial charge on any atom is -0.372 e. The van der Waals surface area contributed by atoms with Gasteiger partial charge in [-0.2, -0.15) is 0 Å². The number of rotatable bonds is 6. The Balaban J connectivity index is 1.52. The minimum absolute atomic E-state index is 0.0903. The highest BCUT2D eigenvalue weighted by atomic mass is 16.5. The van der Waals surface area contributed by atoms with E-state index in [4.69, 9.17) is 4.74 Å². The topological polar surface area (TPSA) is 103 Å². The summed E-state index contributed by atoms with van der Waals surface area (Å²) in [6.45, 7) is 4.52. The van der Waals surface area contributed by atoms with E-state index in [2.05, 4.69) is 5.32 Å². The van der Waals surface area contributed by atoms with Crippen LogP contribution in [0.5, 0.6) is 0 Å². The van der Waals surface area contributed by atoms with Gasteiger partial charge in [0, 0.05) is 25.4 Å². The number of morpholine rings is 1. The molecule has 2 amide bonds. The molecule has 9 heteroatoms. The molecule has 9 nitrogen and oxygen atoms in total. The van der Waals surface area contributed by atoms with Gasteiger partial charge >= 0.3 is 5.69 Å². The molecule has 0 spiro atoms. The van der Waals surface area contributed by atoms with Crippen molar-refractivity contribution in [3.8, 4) is 0 Å². The van der Waals surface area contributed by atoms with Gasteiger partial charge in [0.2, 0.25) is 5.91 Å². The molecule has 1 fully saturated rings. The fraction of sp³-hybridized carbons (Fsp3) is 0.308. The lowest BCUT2D eigenvalue weighted by atomic mass is 10.1. The Labute approximate surface area is 202 Å². The predicted molar refractivity (Wildman–Crippen MR) is 131 cm³/mol. The van der Waals surface area contributed by atoms with Gasteiger partial charge in [-0.25, -0.2) is 4.79 Å². The Kier molecular flexibility index (Phi) is 7.26. The van der Waals surface area contributed by atoms with Gasteiger partial charge in [0.05, 0.1) is 30.0 Å². The average molecular weight is 477 g/mol. The van der Waals surface area contributed by atoms with Crippen molar-refractivity contribution in [2.75, 3.05) is 18.4 Å². The number of ether oxygens (including phenoxy) is 1. The third-order valence-corrected chi connectivity index (χ3v) is 5.78. The molecule has 2 heterocycles. The zero-order valence-corrected chi connectivity index (χ0v) is 19.7. The Bertz CT molecular complexity index is 1320. The number of benzene rings is 2. The van der Waals surface area contributed by atoms with E-state index in [0.717, 1.165) is 10.1 Å². The second kappa shape index (κ2) is 10.5. The highest BCUT2D eigenvalue weighted by Crippen LogP contribution is 2.20. The number of para-hydroxylation sites is 1. The van der Waals surface area contributed by atoms with Crippen molar-refractivity contribution in [1.29, 1.82) is 0 Å². The molecule has 1 saturated heterocycles. The smallest absolute Gasteiger partial charge is 0.331 e. The van der Waals surface area contributed by atoms with Crippen LogP contribution in [-0.4, -0.2) is 51.1 Å². The Morgan fingerprint density at radius 1 is 0.943 bits per heavy atom. The van der Waals surface area contributed by atoms with Crippen LogP contribution in [0, 0.1) is 0 Å². The molecular formula is C26H28N4O5. The van der Waals surface area contributed by atoms with E-state index in [1.807, 2.05) is 44.2 Å². The van der Waals surface area contributed by atoms with Crippen molar-refractivity contribution >= 4 is 17.5 Å². The van der Waals surface area contributed by atoms with Crippen molar-refractivity contribution in [3.05, 3.63) is 98.8 Å². The van der Waals surface area contributed by atoms with Gasteiger partial charge in [-0.05, 0) is 31.5 Å². The lowest BCUT2D eigenvalue weighted by Crippen LogP contribution is -2.48. The molecule has 1 aliphatic rings. The average Bonchev–Trinajstić information content (AvgIpc) is 2.83. The van der Waals surface area contributed by atoms with Crippen molar-refractivity contribution < 1.29 is 14.3 Å². The SMILES string of the molecule is C[C@H]1CN(C(=O)c2ccccc2NC(=O)Cn2c(=O)ccn(Cc3ccccc3)c2=O)C[C@H](C)O1. The summed E-state index contributed by atoms with van der Waals surface area (Å²) >= 11 is 0. The van der Waals surface area contributed by atoms with Gasteiger partial charge in [-0.15, -0.1) is 0 Å². The molecule has 0 saturated carbocycles. The Hall–Kier alpha value is -3.98. The molecule has 4 rings (SSSR count). The summed E-state index contributed by atoms with van der Waals surface area (Å²) < 4.78 is 7.97. The van der Waals surface area contributed by atoms with Crippen LogP contribution < -0.4 is 16.6 Å². The van der Waals surface area contributed by atoms with E-state index in [-0.39, 0.29) is 24.7 Å². The number of hydrogen-bond donors (Lipinski definition) is 1. The summed E-state index contributed by atoms with van der Waals surface area (Å²) in [6, 6.07) is 17.3. The normalized spacial score (nSPS) is 17.7. The van der Waals surface area contributed by atoms with Gasteiger partial charge in [-0.1, -0.05) is 42.5 Å². The number of amides is 2. The first-order valence-electron chi connectivity index (χ1n) is 11.5. The van der Waals surface area contributed by atoms with Gasteiger partial charge < -0.3 is 15.0 Å². The van der Waals surface area contributed by atoms with E-state index in [9.17, 15) is 19.2 Å². The van der Waals surface area contributed by atoms with E-state index in [1.54, 1.807) is 29.2 Å². The van der Waals surface area contributed by atoms with Crippen LogP contribution in [0.4, 0.5) is 5.69 Å². The molecule has 1 N–H and O–H groups in total. The molecular weight excluding hydrogens is 448 g/mol. The third kappa shape index (κ3) is 5.75. The minimum atomic E-state index is -0.586. The van der Waals surface area contributed by atoms with Gasteiger partial charge in [0.25, 0.3) is 11.5 Å². The number of nitrogens with one attached hydrogen (secondary N) is 1. The molecule has 3 aromatic rings. The molecule has 0 aliphatic carbocycles. The fourth-order valence-corrected chi connectivity index (χ4v) is 4.23. The van der Waals surface area contributed by atoms with Crippen LogP contribution in [-0.2, 0) is 22.6 Å². The maximum atomic E-state index is 13.2. The Morgan fingerprint density at radius 3 is 2.31 bits per heavy atom. The second-order valence-corrected chi connectivity index (χ2v) is 8.70. The van der Waals surface area contributed by atoms with Crippen LogP contribution in [0.2, 0.25) is 0 Å². The van der Waals surface area contributed by atoms with Crippen molar-refractivity contribution in [3.63, 3.8) is 0 Å². The lowest BCUT2D eigenvalue weighted by molar-refractivity contribution is -0.116. The molecule has 2 atom stereocenters. The van der Waals surface area contributed by atoms with Crippen molar-refractivity contribution in [1.82, 2.24) is 14.0 Å². The first kappa shape index (κ1) is 24.2. The van der Waals surface area contributed by atoms with Crippen LogP contribution >= 0.6 is 0 Å². The summed E-state index contributed by atoms with van der Waals surface area (Å²) in [5, 5.41) is 2.70. The van der Waals surface area contributed by atoms with Crippen molar-refractivity contribution in [2.24, 2.45) is 0 Å². The summed E-state index contributed by atoms with van der Waals surface area (Å²) in [5.74, 6) is -0.796. The maximum Gasteiger partial charge on any atom is 0.331 e. The number of nitrogens with zero attached hydrogens (tertiary/aromatic N) is 3. The van der Waals surface area contributed by atoms with Gasteiger partial charge in [0.1, 0.15) is 6.54 Å². The van der Waals surface area contributed by atoms with Gasteiger partial charge in [0.15, 0.2) is 0 Å². The van der Waals surface area contributed by atoms with Crippen LogP contribution in [0.3, 0.4) is 0 Å². The second-order valence-electron chi connectivity index (χ2n) is 8.70. The number of aromatic nitrogens is 2. The highest BCUT2D eigenvalue weighted by Gasteiger charge is 2.28. The molecule has 1 aliphatic heterocycles. The monoisotopic (exact) mass is 476 g/mol. The summed E-state index contributed by atoms with van der Waals surface area (Å²) in [4.78, 5) is 53.0. The van der Waals surface area contributed by atoms with E-state index in [1.165, 1.54) is 16.8 Å². The molecule has 35 heavy (non-hydrogen) atoms. The summed E-state index contributed by atoms with van der Waals surface area (Å²) in [6.07, 6.45) is 1.24. The summed E-state index contributed by atoms with van der Waals surface area (Å²) in [5.41, 5.74) is 0.391. The first-order valence-corrected chi connectivity index (χ1v) is 11.5. The predicted octanol–water partition coefficient (Wildman–Crippen LogP) is 1.95. The highest BCUT2D eigenvalue weighted by molar-refractivity contribution is 6.03. The molecule has 182 valence electrons. The fourth-order valence-electron chi connectivity index (χ4n) is 4.23. The molecule has 2 aromatic carbocycles. The standard InChI is InChI=1S/C26H28N4O5/c1-18-14-29(15-19(2)35-18)25(33)21-10-6-7-11-22(21)27-23(31)17-30-24(32)12-13-28(26(30)34)16-20-8-4-3-5-9-20/h3-13,18-19H,14-17H2,1-2H3,(H,27,31)/t18-,19-/m0/s1. The van der Waals surface area contributed by atoms with Crippen molar-refractivity contribution in [2.45, 2.75) is 39.1 Å². The zero-order valence-electron chi connectivity index (χ0n) is 19.7. The van der Waals surface area contributed by atoms with E-state index in [0.29, 0.717) is 24.3 Å². The van der Waals surface area contributed by atoms with E-state index >= 15 is 0 Å². The molecule has 1 aromatic heterocycles. The Morgan fingerprint density at radius 2 is 1.60 bits per heavy atom. The quantitative estimate of drug-likeness (QED) is 0.586. The molecule has 0 radical (unpaired) electrons. The van der Waals surface area contributed by atoms with Gasteiger partial charge in [-0.3, -0.25) is 23.5 Å². The third-order valence-electron chi connectivity index (χ3n) is 5.78. The van der Waals surface area contributed by atoms with Crippen LogP contribution in [0.15, 0.2) is 76.4 Å². The zero-order chi connectivity index (χ0) is 24.9. The summed E-state index contributed by atoms with van der Waals surface area (Å²) in [7, 11) is 0. The first-order chi connectivity index (χ1) is 16.8. The molecule has 0 bridgehead atoms. The van der Waals surface area contributed by atoms with Crippen LogP contribution in [0.1, 0.15) is 29.8 Å². The number of carbonyl (C=O) groups excluding carboxylic acids is 2. The number of anilines is 1. The largest absolute Gasteiger partial charge is 0.372 e.